The van der Waals surface area contributed by atoms with Gasteiger partial charge in [-0.25, -0.2) is 0 Å². The van der Waals surface area contributed by atoms with Crippen LogP contribution in [0.5, 0.6) is 0 Å². The van der Waals surface area contributed by atoms with Crippen molar-refractivity contribution in [3.63, 3.8) is 0 Å². The number of carboxylic acid groups (broad SMARTS) is 1. The molecule has 0 spiro atoms. The zero-order chi connectivity index (χ0) is 17.8. The number of aliphatic imine (C=N–C) groups is 2. The summed E-state index contributed by atoms with van der Waals surface area (Å²) in [5, 5.41) is 11.1. The van der Waals surface area contributed by atoms with Gasteiger partial charge in [0.2, 0.25) is 11.6 Å². The van der Waals surface area contributed by atoms with Gasteiger partial charge in [-0.15, -0.1) is 4.59 Å². The van der Waals surface area contributed by atoms with Gasteiger partial charge in [-0.05, 0) is 12.8 Å². The van der Waals surface area contributed by atoms with E-state index in [0.717, 1.165) is 22.7 Å². The number of fused-ring (bicyclic) bond motifs is 2. The molecule has 0 aromatic carbocycles. The number of amides is 2. The highest BCUT2D eigenvalue weighted by atomic mass is 79.9. The molecule has 10 heteroatoms. The predicted octanol–water partition coefficient (Wildman–Crippen LogP) is -0.525. The van der Waals surface area contributed by atoms with Gasteiger partial charge in [-0.2, -0.15) is 10.8 Å². The molecule has 0 aliphatic carbocycles. The Morgan fingerprint density at radius 3 is 2.96 bits per heavy atom. The third-order valence-electron chi connectivity index (χ3n) is 5.19. The maximum absolute atomic E-state index is 12.4. The SMILES string of the molecule is N[N+]12C=CN=CC1=C(C1CCC3CN(C(=O)[O-])CC(=O)N3C1)N=C2Br. The van der Waals surface area contributed by atoms with Crippen molar-refractivity contribution in [2.75, 3.05) is 19.6 Å². The lowest BCUT2D eigenvalue weighted by Gasteiger charge is -2.46. The van der Waals surface area contributed by atoms with Crippen LogP contribution in [0.2, 0.25) is 0 Å². The number of allylic oxidation sites excluding steroid dienone is 1. The normalized spacial score (nSPS) is 34.2. The van der Waals surface area contributed by atoms with E-state index in [-0.39, 0.29) is 29.0 Å². The first kappa shape index (κ1) is 16.4. The van der Waals surface area contributed by atoms with E-state index < -0.39 is 6.09 Å². The van der Waals surface area contributed by atoms with Gasteiger partial charge < -0.3 is 19.7 Å². The Kier molecular flexibility index (Phi) is 3.78. The third kappa shape index (κ3) is 2.52. The van der Waals surface area contributed by atoms with Crippen molar-refractivity contribution in [3.05, 3.63) is 23.8 Å². The molecular weight excluding hydrogens is 392 g/mol. The summed E-state index contributed by atoms with van der Waals surface area (Å²) < 4.78 is 0.528. The molecule has 2 fully saturated rings. The fourth-order valence-electron chi connectivity index (χ4n) is 3.85. The number of piperazine rings is 1. The number of piperidine rings is 1. The van der Waals surface area contributed by atoms with Crippen molar-refractivity contribution in [2.45, 2.75) is 18.9 Å². The molecular formula is C15H17BrN6O3. The number of nitrogens with two attached hydrogens (primary N) is 1. The molecule has 0 aromatic heterocycles. The van der Waals surface area contributed by atoms with E-state index in [1.807, 2.05) is 0 Å². The Balaban J connectivity index is 1.58. The van der Waals surface area contributed by atoms with Crippen LogP contribution in [0.3, 0.4) is 0 Å². The molecule has 4 rings (SSSR count). The topological polar surface area (TPSA) is 114 Å². The van der Waals surface area contributed by atoms with Crippen LogP contribution in [0.15, 0.2) is 33.8 Å². The number of hydrogen-bond acceptors (Lipinski definition) is 6. The van der Waals surface area contributed by atoms with Crippen LogP contribution < -0.4 is 10.9 Å². The van der Waals surface area contributed by atoms with Crippen LogP contribution in [0.25, 0.3) is 0 Å². The average Bonchev–Trinajstić information content (AvgIpc) is 2.86. The molecule has 0 radical (unpaired) electrons. The summed E-state index contributed by atoms with van der Waals surface area (Å²) in [7, 11) is 0. The number of carbonyl (C=O) groups is 2. The lowest BCUT2D eigenvalue weighted by molar-refractivity contribution is -0.746. The highest BCUT2D eigenvalue weighted by Gasteiger charge is 2.46. The second kappa shape index (κ2) is 5.75. The third-order valence-corrected chi connectivity index (χ3v) is 5.96. The molecule has 4 aliphatic heterocycles. The number of halogens is 1. The molecule has 2 saturated heterocycles. The standard InChI is InChI=1S/C15H17BrN6O3/c16-14-19-13(11-5-18-3-4-22(11,14)17)9-1-2-10-7-20(15(24)25)8-12(23)21(10)6-9/h3-5,9-10H,1-2,6-8,17H2. The second-order valence-electron chi connectivity index (χ2n) is 6.63. The van der Waals surface area contributed by atoms with Crippen molar-refractivity contribution in [2.24, 2.45) is 21.7 Å². The van der Waals surface area contributed by atoms with E-state index in [1.165, 1.54) is 0 Å². The number of nitrogens with zero attached hydrogens (tertiary/aromatic N) is 5. The summed E-state index contributed by atoms with van der Waals surface area (Å²) in [6, 6.07) is -0.105. The first-order valence-electron chi connectivity index (χ1n) is 8.03. The molecule has 0 aromatic rings. The minimum atomic E-state index is -1.29. The van der Waals surface area contributed by atoms with Crippen molar-refractivity contribution < 1.29 is 19.3 Å². The summed E-state index contributed by atoms with van der Waals surface area (Å²) >= 11 is 3.43. The minimum Gasteiger partial charge on any atom is -0.530 e. The Hall–Kier alpha value is -2.04. The highest BCUT2D eigenvalue weighted by Crippen LogP contribution is 2.38. The van der Waals surface area contributed by atoms with Gasteiger partial charge in [0.05, 0.1) is 19.0 Å². The lowest BCUT2D eigenvalue weighted by atomic mass is 9.88. The van der Waals surface area contributed by atoms with Crippen LogP contribution in [0, 0.1) is 5.92 Å². The van der Waals surface area contributed by atoms with E-state index in [9.17, 15) is 14.7 Å². The summed E-state index contributed by atoms with van der Waals surface area (Å²) in [5.74, 6) is 6.23. The predicted molar refractivity (Wildman–Crippen MR) is 90.7 cm³/mol. The second-order valence-corrected chi connectivity index (χ2v) is 7.33. The Morgan fingerprint density at radius 1 is 1.40 bits per heavy atom. The Labute approximate surface area is 152 Å². The molecule has 9 nitrogen and oxygen atoms in total. The minimum absolute atomic E-state index is 0.0405. The van der Waals surface area contributed by atoms with Crippen molar-refractivity contribution in [3.8, 4) is 0 Å². The van der Waals surface area contributed by atoms with Crippen molar-refractivity contribution >= 4 is 38.9 Å². The molecule has 2 N–H and O–H groups in total. The maximum atomic E-state index is 12.4. The molecule has 0 saturated carbocycles. The van der Waals surface area contributed by atoms with Gasteiger partial charge in [0, 0.05) is 41.0 Å². The van der Waals surface area contributed by atoms with Crippen LogP contribution in [0.1, 0.15) is 12.8 Å². The maximum Gasteiger partial charge on any atom is 0.301 e. The highest BCUT2D eigenvalue weighted by molar-refractivity contribution is 9.18. The molecule has 25 heavy (non-hydrogen) atoms. The van der Waals surface area contributed by atoms with Gasteiger partial charge >= 0.3 is 4.74 Å². The van der Waals surface area contributed by atoms with E-state index in [0.29, 0.717) is 24.3 Å². The fourth-order valence-corrected chi connectivity index (χ4v) is 4.35. The molecule has 2 amide bonds. The zero-order valence-corrected chi connectivity index (χ0v) is 14.9. The average molecular weight is 409 g/mol. The first-order chi connectivity index (χ1) is 11.9. The molecule has 4 aliphatic rings. The van der Waals surface area contributed by atoms with Gasteiger partial charge in [-0.3, -0.25) is 9.79 Å². The van der Waals surface area contributed by atoms with Gasteiger partial charge in [-0.1, -0.05) is 0 Å². The molecule has 132 valence electrons. The van der Waals surface area contributed by atoms with Crippen LogP contribution >= 0.6 is 15.9 Å². The zero-order valence-electron chi connectivity index (χ0n) is 13.3. The molecule has 3 atom stereocenters. The quantitative estimate of drug-likeness (QED) is 0.356. The summed E-state index contributed by atoms with van der Waals surface area (Å²) in [4.78, 5) is 35.0. The number of hydrogen-bond donors (Lipinski definition) is 1. The van der Waals surface area contributed by atoms with Gasteiger partial charge in [0.15, 0.2) is 0 Å². The fraction of sp³-hybridized carbons (Fsp3) is 0.467. The summed E-state index contributed by atoms with van der Waals surface area (Å²) in [6.07, 6.45) is 5.29. The summed E-state index contributed by atoms with van der Waals surface area (Å²) in [6.45, 7) is 0.663. The summed E-state index contributed by atoms with van der Waals surface area (Å²) in [5.41, 5.74) is 1.62. The number of rotatable bonds is 1. The number of amidine groups is 1. The molecule has 3 unspecified atom stereocenters. The van der Waals surface area contributed by atoms with Gasteiger partial charge in [0.1, 0.15) is 18.0 Å². The number of quaternary nitrogens is 1. The Bertz CT molecular complexity index is 775. The van der Waals surface area contributed by atoms with Crippen molar-refractivity contribution in [1.29, 1.82) is 0 Å². The largest absolute Gasteiger partial charge is 0.530 e. The first-order valence-corrected chi connectivity index (χ1v) is 8.82. The van der Waals surface area contributed by atoms with E-state index in [4.69, 9.17) is 5.84 Å². The van der Waals surface area contributed by atoms with Crippen molar-refractivity contribution in [1.82, 2.24) is 9.80 Å². The van der Waals surface area contributed by atoms with Crippen LogP contribution in [-0.2, 0) is 4.79 Å². The monoisotopic (exact) mass is 408 g/mol. The van der Waals surface area contributed by atoms with E-state index >= 15 is 0 Å². The lowest BCUT2D eigenvalue weighted by Crippen LogP contribution is -2.62. The van der Waals surface area contributed by atoms with Gasteiger partial charge in [0.25, 0.3) is 0 Å². The smallest absolute Gasteiger partial charge is 0.301 e. The molecule has 0 bridgehead atoms. The molecule has 4 heterocycles. The number of carbonyl (C=O) groups excluding carboxylic acids is 2. The van der Waals surface area contributed by atoms with E-state index in [2.05, 4.69) is 25.9 Å². The van der Waals surface area contributed by atoms with Crippen LogP contribution in [0.4, 0.5) is 4.79 Å². The Morgan fingerprint density at radius 2 is 2.20 bits per heavy atom. The van der Waals surface area contributed by atoms with Crippen LogP contribution in [-0.4, -0.2) is 63.0 Å². The van der Waals surface area contributed by atoms with E-state index in [1.54, 1.807) is 23.5 Å².